The Kier molecular flexibility index (Phi) is 7.06. The zero-order chi connectivity index (χ0) is 25.9. The van der Waals surface area contributed by atoms with Crippen LogP contribution in [0.15, 0.2) is 54.3 Å². The number of carbonyl (C=O) groups is 1. The van der Waals surface area contributed by atoms with Crippen LogP contribution < -0.4 is 23.7 Å². The van der Waals surface area contributed by atoms with Crippen molar-refractivity contribution in [1.82, 2.24) is 4.90 Å². The van der Waals surface area contributed by atoms with Crippen molar-refractivity contribution in [3.8, 4) is 28.7 Å². The molecule has 0 aliphatic carbocycles. The minimum Gasteiger partial charge on any atom is -0.494 e. The fraction of sp³-hybridized carbons (Fsp3) is 0.300. The maximum atomic E-state index is 13.3. The molecule has 0 spiro atoms. The molecule has 3 aromatic carbocycles. The van der Waals surface area contributed by atoms with E-state index < -0.39 is 0 Å². The van der Waals surface area contributed by atoms with Crippen molar-refractivity contribution in [3.63, 3.8) is 0 Å². The predicted molar refractivity (Wildman–Crippen MR) is 141 cm³/mol. The maximum Gasteiger partial charge on any atom is 0.232 e. The van der Waals surface area contributed by atoms with Gasteiger partial charge < -0.3 is 23.7 Å². The normalized spacial score (nSPS) is 15.6. The van der Waals surface area contributed by atoms with Crippen molar-refractivity contribution >= 4 is 11.9 Å². The summed E-state index contributed by atoms with van der Waals surface area (Å²) >= 11 is 0. The third kappa shape index (κ3) is 5.00. The van der Waals surface area contributed by atoms with E-state index in [4.69, 9.17) is 23.7 Å². The molecule has 7 heteroatoms. The summed E-state index contributed by atoms with van der Waals surface area (Å²) < 4.78 is 28.6. The second-order valence-electron chi connectivity index (χ2n) is 9.08. The van der Waals surface area contributed by atoms with E-state index in [1.807, 2.05) is 62.4 Å². The van der Waals surface area contributed by atoms with E-state index in [2.05, 4.69) is 4.90 Å². The molecule has 0 saturated heterocycles. The molecule has 0 fully saturated rings. The molecule has 0 N–H and O–H groups in total. The summed E-state index contributed by atoms with van der Waals surface area (Å²) in [5.41, 5.74) is 4.39. The predicted octanol–water partition coefficient (Wildman–Crippen LogP) is 5.42. The highest BCUT2D eigenvalue weighted by molar-refractivity contribution is 6.15. The van der Waals surface area contributed by atoms with Crippen molar-refractivity contribution < 1.29 is 28.5 Å². The number of ketones is 1. The summed E-state index contributed by atoms with van der Waals surface area (Å²) in [6.07, 6.45) is 2.60. The van der Waals surface area contributed by atoms with Crippen LogP contribution in [0.4, 0.5) is 0 Å². The van der Waals surface area contributed by atoms with E-state index in [0.717, 1.165) is 46.7 Å². The van der Waals surface area contributed by atoms with E-state index in [-0.39, 0.29) is 5.78 Å². The smallest absolute Gasteiger partial charge is 0.232 e. The second-order valence-corrected chi connectivity index (χ2v) is 9.08. The minimum absolute atomic E-state index is 0.105. The zero-order valence-corrected chi connectivity index (χ0v) is 21.6. The maximum absolute atomic E-state index is 13.3. The van der Waals surface area contributed by atoms with Gasteiger partial charge in [-0.1, -0.05) is 18.2 Å². The Morgan fingerprint density at radius 3 is 2.54 bits per heavy atom. The van der Waals surface area contributed by atoms with Crippen molar-refractivity contribution in [2.75, 3.05) is 34.1 Å². The Morgan fingerprint density at radius 2 is 1.81 bits per heavy atom. The number of fused-ring (bicyclic) bond motifs is 3. The molecular formula is C30H31NO6. The Labute approximate surface area is 217 Å². The fourth-order valence-electron chi connectivity index (χ4n) is 4.72. The molecule has 192 valence electrons. The molecule has 2 aliphatic rings. The number of carbonyl (C=O) groups excluding carboxylic acids is 1. The van der Waals surface area contributed by atoms with Crippen molar-refractivity contribution in [2.45, 2.75) is 26.8 Å². The molecule has 5 rings (SSSR count). The topological polar surface area (TPSA) is 66.5 Å². The van der Waals surface area contributed by atoms with E-state index in [1.54, 1.807) is 20.3 Å². The molecular weight excluding hydrogens is 470 g/mol. The molecule has 0 unspecified atom stereocenters. The van der Waals surface area contributed by atoms with Gasteiger partial charge in [-0.25, -0.2) is 0 Å². The third-order valence-electron chi connectivity index (χ3n) is 6.64. The Hall–Kier alpha value is -3.97. The summed E-state index contributed by atoms with van der Waals surface area (Å²) in [5.74, 6) is 3.81. The minimum atomic E-state index is -0.105. The Balaban J connectivity index is 1.34. The third-order valence-corrected chi connectivity index (χ3v) is 6.64. The van der Waals surface area contributed by atoms with E-state index in [1.165, 1.54) is 0 Å². The number of methoxy groups -OCH3 is 2. The van der Waals surface area contributed by atoms with Gasteiger partial charge in [-0.05, 0) is 73.4 Å². The molecule has 37 heavy (non-hydrogen) atoms. The van der Waals surface area contributed by atoms with Gasteiger partial charge in [-0.2, -0.15) is 0 Å². The number of aryl methyl sites for hydroxylation is 1. The van der Waals surface area contributed by atoms with Crippen LogP contribution in [0.25, 0.3) is 6.08 Å². The molecule has 0 atom stereocenters. The summed E-state index contributed by atoms with van der Waals surface area (Å²) in [6, 6.07) is 15.5. The lowest BCUT2D eigenvalue weighted by Gasteiger charge is -2.30. The lowest BCUT2D eigenvalue weighted by atomic mass is 9.98. The zero-order valence-electron chi connectivity index (χ0n) is 21.6. The van der Waals surface area contributed by atoms with Gasteiger partial charge in [0.2, 0.25) is 5.78 Å². The summed E-state index contributed by atoms with van der Waals surface area (Å²) in [5, 5.41) is 0. The molecule has 7 nitrogen and oxygen atoms in total. The number of nitrogens with zero attached hydrogens (tertiary/aromatic N) is 1. The molecule has 0 amide bonds. The van der Waals surface area contributed by atoms with Crippen LogP contribution in [0.5, 0.6) is 28.7 Å². The van der Waals surface area contributed by atoms with Crippen LogP contribution in [0.2, 0.25) is 0 Å². The van der Waals surface area contributed by atoms with Crippen LogP contribution in [0, 0.1) is 6.92 Å². The SMILES string of the molecule is CCOc1ccc(/C=C2/Oc3c4c(cc(C)c3C2=O)OCN(CCc2ccc(OC)c(OC)c2)C4)cc1. The second kappa shape index (κ2) is 10.6. The van der Waals surface area contributed by atoms with Gasteiger partial charge in [-0.15, -0.1) is 0 Å². The van der Waals surface area contributed by atoms with Crippen molar-refractivity contribution in [3.05, 3.63) is 82.1 Å². The fourth-order valence-corrected chi connectivity index (χ4v) is 4.72. The van der Waals surface area contributed by atoms with Gasteiger partial charge >= 0.3 is 0 Å². The molecule has 0 aromatic heterocycles. The van der Waals surface area contributed by atoms with Crippen LogP contribution in [0.3, 0.4) is 0 Å². The molecule has 0 bridgehead atoms. The lowest BCUT2D eigenvalue weighted by Crippen LogP contribution is -2.34. The monoisotopic (exact) mass is 501 g/mol. The number of allylic oxidation sites excluding steroid dienone is 1. The first-order chi connectivity index (χ1) is 18.0. The highest BCUT2D eigenvalue weighted by atomic mass is 16.5. The molecule has 3 aromatic rings. The van der Waals surface area contributed by atoms with E-state index >= 15 is 0 Å². The molecule has 0 saturated carbocycles. The number of ether oxygens (including phenoxy) is 5. The largest absolute Gasteiger partial charge is 0.494 e. The number of Topliss-reactive ketones (excluding diaryl/α,β-unsaturated/α-hetero) is 1. The number of hydrogen-bond acceptors (Lipinski definition) is 7. The summed E-state index contributed by atoms with van der Waals surface area (Å²) in [7, 11) is 3.27. The first-order valence-corrected chi connectivity index (χ1v) is 12.4. The van der Waals surface area contributed by atoms with Gasteiger partial charge in [0.15, 0.2) is 17.3 Å². The van der Waals surface area contributed by atoms with Gasteiger partial charge in [0.1, 0.15) is 24.0 Å². The van der Waals surface area contributed by atoms with Crippen LogP contribution in [-0.4, -0.2) is 44.8 Å². The molecule has 2 aliphatic heterocycles. The number of hydrogen-bond donors (Lipinski definition) is 0. The van der Waals surface area contributed by atoms with E-state index in [9.17, 15) is 4.79 Å². The first-order valence-electron chi connectivity index (χ1n) is 12.4. The van der Waals surface area contributed by atoms with Crippen LogP contribution in [0.1, 0.15) is 39.5 Å². The average Bonchev–Trinajstić information content (AvgIpc) is 3.25. The Morgan fingerprint density at radius 1 is 1.03 bits per heavy atom. The van der Waals surface area contributed by atoms with Crippen LogP contribution >= 0.6 is 0 Å². The molecule has 2 heterocycles. The van der Waals surface area contributed by atoms with Gasteiger partial charge in [-0.3, -0.25) is 9.69 Å². The van der Waals surface area contributed by atoms with Gasteiger partial charge in [0, 0.05) is 13.1 Å². The first kappa shape index (κ1) is 24.7. The highest BCUT2D eigenvalue weighted by Crippen LogP contribution is 2.44. The summed E-state index contributed by atoms with van der Waals surface area (Å²) in [6.45, 7) is 6.36. The van der Waals surface area contributed by atoms with Gasteiger partial charge in [0.25, 0.3) is 0 Å². The quantitative estimate of drug-likeness (QED) is 0.382. The average molecular weight is 502 g/mol. The number of rotatable bonds is 8. The van der Waals surface area contributed by atoms with Crippen LogP contribution in [-0.2, 0) is 13.0 Å². The van der Waals surface area contributed by atoms with Gasteiger partial charge in [0.05, 0.1) is 32.0 Å². The lowest BCUT2D eigenvalue weighted by molar-refractivity contribution is 0.0949. The van der Waals surface area contributed by atoms with Crippen molar-refractivity contribution in [2.24, 2.45) is 0 Å². The number of benzene rings is 3. The standard InChI is InChI=1S/C30H31NO6/c1-5-35-22-9-6-20(7-10-22)16-27-29(32)28-19(2)14-25-23(30(28)37-27)17-31(18-36-25)13-12-21-8-11-24(33-3)26(15-21)34-4/h6-11,14-16H,5,12-13,17-18H2,1-4H3/b27-16+. The summed E-state index contributed by atoms with van der Waals surface area (Å²) in [4.78, 5) is 15.5. The molecule has 0 radical (unpaired) electrons. The Bertz CT molecular complexity index is 1350. The highest BCUT2D eigenvalue weighted by Gasteiger charge is 2.35. The van der Waals surface area contributed by atoms with E-state index in [0.29, 0.717) is 48.5 Å². The van der Waals surface area contributed by atoms with Crippen molar-refractivity contribution in [1.29, 1.82) is 0 Å².